The van der Waals surface area contributed by atoms with Crippen molar-refractivity contribution in [2.24, 2.45) is 5.73 Å². The summed E-state index contributed by atoms with van der Waals surface area (Å²) in [6.07, 6.45) is 6.44. The lowest BCUT2D eigenvalue weighted by atomic mass is 9.97. The third kappa shape index (κ3) is 5.11. The fourth-order valence-electron chi connectivity index (χ4n) is 2.92. The molecule has 2 atom stereocenters. The van der Waals surface area contributed by atoms with Crippen LogP contribution in [0.5, 0.6) is 0 Å². The van der Waals surface area contributed by atoms with Crippen LogP contribution in [0.2, 0.25) is 0 Å². The molecule has 0 aromatic heterocycles. The second-order valence-electron chi connectivity index (χ2n) is 6.06. The lowest BCUT2D eigenvalue weighted by molar-refractivity contribution is -0.138. The first-order chi connectivity index (χ1) is 10.7. The lowest BCUT2D eigenvalue weighted by Gasteiger charge is -2.26. The third-order valence-corrected chi connectivity index (χ3v) is 4.30. The summed E-state index contributed by atoms with van der Waals surface area (Å²) in [7, 11) is 0. The molecule has 0 aliphatic heterocycles. The Labute approximate surface area is 133 Å². The first-order valence-electron chi connectivity index (χ1n) is 8.44. The Morgan fingerprint density at radius 3 is 2.59 bits per heavy atom. The largest absolute Gasteiger partial charge is 0.365 e. The molecule has 1 fully saturated rings. The number of carbonyl (C=O) groups excluding carboxylic acids is 1. The molecule has 22 heavy (non-hydrogen) atoms. The first kappa shape index (κ1) is 17.0. The van der Waals surface area contributed by atoms with Gasteiger partial charge in [-0.25, -0.2) is 0 Å². The average Bonchev–Trinajstić information content (AvgIpc) is 2.59. The summed E-state index contributed by atoms with van der Waals surface area (Å²) in [4.78, 5) is 12.3. The van der Waals surface area contributed by atoms with Crippen molar-refractivity contribution in [3.63, 3.8) is 0 Å². The minimum atomic E-state index is -0.355. The van der Waals surface area contributed by atoms with E-state index in [2.05, 4.69) is 5.32 Å². The van der Waals surface area contributed by atoms with Gasteiger partial charge in [-0.1, -0.05) is 56.5 Å². The van der Waals surface area contributed by atoms with Gasteiger partial charge >= 0.3 is 0 Å². The smallest absolute Gasteiger partial charge is 0.249 e. The normalized spacial score (nSPS) is 18.6. The van der Waals surface area contributed by atoms with E-state index in [0.717, 1.165) is 18.4 Å². The van der Waals surface area contributed by atoms with Crippen LogP contribution in [0.3, 0.4) is 0 Å². The highest BCUT2D eigenvalue weighted by atomic mass is 16.5. The van der Waals surface area contributed by atoms with Gasteiger partial charge in [0.25, 0.3) is 0 Å². The Balaban J connectivity index is 1.79. The molecule has 1 amide bonds. The zero-order valence-corrected chi connectivity index (χ0v) is 13.5. The summed E-state index contributed by atoms with van der Waals surface area (Å²) < 4.78 is 5.99. The minimum absolute atomic E-state index is 0.0422. The van der Waals surface area contributed by atoms with Crippen molar-refractivity contribution in [1.82, 2.24) is 5.32 Å². The molecule has 0 heterocycles. The van der Waals surface area contributed by atoms with E-state index in [1.807, 2.05) is 37.3 Å². The molecule has 1 aliphatic rings. The summed E-state index contributed by atoms with van der Waals surface area (Å²) >= 11 is 0. The predicted molar refractivity (Wildman–Crippen MR) is 88.4 cm³/mol. The summed E-state index contributed by atoms with van der Waals surface area (Å²) in [5.74, 6) is -0.0422. The van der Waals surface area contributed by atoms with E-state index < -0.39 is 0 Å². The van der Waals surface area contributed by atoms with Crippen molar-refractivity contribution in [3.05, 3.63) is 35.9 Å². The molecule has 0 saturated heterocycles. The zero-order valence-electron chi connectivity index (χ0n) is 13.5. The van der Waals surface area contributed by atoms with Crippen LogP contribution in [0.25, 0.3) is 0 Å². The Bertz CT molecular complexity index is 444. The summed E-state index contributed by atoms with van der Waals surface area (Å²) in [5, 5.41) is 2.93. The molecule has 1 aliphatic carbocycles. The van der Waals surface area contributed by atoms with Gasteiger partial charge in [-0.05, 0) is 24.8 Å². The van der Waals surface area contributed by atoms with Crippen molar-refractivity contribution < 1.29 is 9.53 Å². The Kier molecular flexibility index (Phi) is 6.87. The minimum Gasteiger partial charge on any atom is -0.365 e. The molecule has 1 saturated carbocycles. The van der Waals surface area contributed by atoms with Crippen LogP contribution in [-0.4, -0.2) is 24.7 Å². The fraction of sp³-hybridized carbons (Fsp3) is 0.611. The van der Waals surface area contributed by atoms with Crippen LogP contribution in [0.1, 0.15) is 57.1 Å². The number of hydrogen-bond acceptors (Lipinski definition) is 3. The summed E-state index contributed by atoms with van der Waals surface area (Å²) in [6.45, 7) is 2.43. The quantitative estimate of drug-likeness (QED) is 0.814. The molecule has 0 bridgehead atoms. The van der Waals surface area contributed by atoms with Gasteiger partial charge in [-0.2, -0.15) is 0 Å². The highest BCUT2D eigenvalue weighted by molar-refractivity contribution is 5.80. The number of hydrogen-bond donors (Lipinski definition) is 2. The van der Waals surface area contributed by atoms with E-state index in [4.69, 9.17) is 10.5 Å². The number of nitrogens with one attached hydrogen (secondary N) is 1. The molecule has 0 spiro atoms. The Morgan fingerprint density at radius 1 is 1.27 bits per heavy atom. The Hall–Kier alpha value is -1.39. The van der Waals surface area contributed by atoms with E-state index in [-0.39, 0.29) is 24.2 Å². The van der Waals surface area contributed by atoms with E-state index in [1.165, 1.54) is 19.3 Å². The Morgan fingerprint density at radius 2 is 1.95 bits per heavy atom. The van der Waals surface area contributed by atoms with Crippen molar-refractivity contribution in [1.29, 1.82) is 0 Å². The van der Waals surface area contributed by atoms with Crippen molar-refractivity contribution in [3.8, 4) is 0 Å². The lowest BCUT2D eigenvalue weighted by Crippen LogP contribution is -2.41. The molecule has 3 N–H and O–H groups in total. The second kappa shape index (κ2) is 8.91. The fourth-order valence-corrected chi connectivity index (χ4v) is 2.92. The topological polar surface area (TPSA) is 64.3 Å². The van der Waals surface area contributed by atoms with Crippen molar-refractivity contribution in [2.75, 3.05) is 6.54 Å². The number of carbonyl (C=O) groups is 1. The maximum Gasteiger partial charge on any atom is 0.249 e. The number of nitrogens with two attached hydrogens (primary N) is 1. The highest BCUT2D eigenvalue weighted by Gasteiger charge is 2.23. The number of rotatable bonds is 7. The van der Waals surface area contributed by atoms with E-state index in [1.54, 1.807) is 0 Å². The molecule has 2 rings (SSSR count). The maximum absolute atomic E-state index is 12.3. The second-order valence-corrected chi connectivity index (χ2v) is 6.06. The molecule has 1 aromatic rings. The van der Waals surface area contributed by atoms with Gasteiger partial charge in [0.1, 0.15) is 6.10 Å². The summed E-state index contributed by atoms with van der Waals surface area (Å²) in [5.41, 5.74) is 7.15. The molecular formula is C18H28N2O2. The van der Waals surface area contributed by atoms with Gasteiger partial charge in [0.2, 0.25) is 5.91 Å². The summed E-state index contributed by atoms with van der Waals surface area (Å²) in [6, 6.07) is 9.65. The van der Waals surface area contributed by atoms with Crippen LogP contribution in [0, 0.1) is 0 Å². The van der Waals surface area contributed by atoms with Crippen LogP contribution < -0.4 is 11.1 Å². The van der Waals surface area contributed by atoms with Crippen LogP contribution in [0.15, 0.2) is 30.3 Å². The molecule has 4 nitrogen and oxygen atoms in total. The van der Waals surface area contributed by atoms with Gasteiger partial charge in [0.05, 0.1) is 6.10 Å². The van der Waals surface area contributed by atoms with E-state index in [9.17, 15) is 4.79 Å². The van der Waals surface area contributed by atoms with Gasteiger partial charge in [-0.15, -0.1) is 0 Å². The number of amides is 1. The first-order valence-corrected chi connectivity index (χ1v) is 8.44. The SMILES string of the molecule is CCC(OC1CCCCC1)C(=O)NCC(N)c1ccccc1. The zero-order chi connectivity index (χ0) is 15.8. The van der Waals surface area contributed by atoms with Crippen LogP contribution in [-0.2, 0) is 9.53 Å². The van der Waals surface area contributed by atoms with Crippen LogP contribution >= 0.6 is 0 Å². The van der Waals surface area contributed by atoms with Crippen molar-refractivity contribution in [2.45, 2.75) is 63.7 Å². The van der Waals surface area contributed by atoms with E-state index in [0.29, 0.717) is 13.0 Å². The molecule has 1 aromatic carbocycles. The van der Waals surface area contributed by atoms with E-state index >= 15 is 0 Å². The predicted octanol–water partition coefficient (Wildman–Crippen LogP) is 2.93. The maximum atomic E-state index is 12.3. The molecule has 122 valence electrons. The van der Waals surface area contributed by atoms with Crippen molar-refractivity contribution >= 4 is 5.91 Å². The third-order valence-electron chi connectivity index (χ3n) is 4.30. The monoisotopic (exact) mass is 304 g/mol. The standard InChI is InChI=1S/C18H28N2O2/c1-2-17(22-15-11-7-4-8-12-15)18(21)20-13-16(19)14-9-5-3-6-10-14/h3,5-6,9-10,15-17H,2,4,7-8,11-13,19H2,1H3,(H,20,21). The van der Waals surface area contributed by atoms with Gasteiger partial charge in [-0.3, -0.25) is 4.79 Å². The molecular weight excluding hydrogens is 276 g/mol. The van der Waals surface area contributed by atoms with Gasteiger partial charge < -0.3 is 15.8 Å². The molecule has 4 heteroatoms. The molecule has 2 unspecified atom stereocenters. The number of ether oxygens (including phenoxy) is 1. The number of benzene rings is 1. The molecule has 0 radical (unpaired) electrons. The highest BCUT2D eigenvalue weighted by Crippen LogP contribution is 2.22. The van der Waals surface area contributed by atoms with Gasteiger partial charge in [0.15, 0.2) is 0 Å². The average molecular weight is 304 g/mol. The van der Waals surface area contributed by atoms with Crippen LogP contribution in [0.4, 0.5) is 0 Å². The van der Waals surface area contributed by atoms with Gasteiger partial charge in [0, 0.05) is 12.6 Å².